The lowest BCUT2D eigenvalue weighted by molar-refractivity contribution is 0.0245. The van der Waals surface area contributed by atoms with E-state index in [-0.39, 0.29) is 34.7 Å². The van der Waals surface area contributed by atoms with Crippen molar-refractivity contribution >= 4 is 28.2 Å². The molecule has 0 aliphatic carbocycles. The molecule has 0 saturated carbocycles. The Labute approximate surface area is 231 Å². The molecule has 0 spiro atoms. The number of carbonyl (C=O) groups excluding carboxylic acids is 1. The number of aliphatic hydroxyl groups is 1. The van der Waals surface area contributed by atoms with Crippen LogP contribution in [0.4, 0.5) is 0 Å². The fourth-order valence-electron chi connectivity index (χ4n) is 4.61. The van der Waals surface area contributed by atoms with Crippen LogP contribution in [0.3, 0.4) is 0 Å². The fourth-order valence-corrected chi connectivity index (χ4v) is 5.90. The summed E-state index contributed by atoms with van der Waals surface area (Å²) in [6, 6.07) is 23.2. The van der Waals surface area contributed by atoms with Gasteiger partial charge in [-0.25, -0.2) is 13.2 Å². The number of rotatable bonds is 10. The van der Waals surface area contributed by atoms with Crippen LogP contribution in [0.1, 0.15) is 27.9 Å². The van der Waals surface area contributed by atoms with Crippen molar-refractivity contribution in [1.82, 2.24) is 10.2 Å². The lowest BCUT2D eigenvalue weighted by atomic mass is 9.88. The predicted octanol–water partition coefficient (Wildman–Crippen LogP) is 3.75. The zero-order valence-corrected chi connectivity index (χ0v) is 23.1. The monoisotopic (exact) mass is 558 g/mol. The Hall–Kier alpha value is -2.75. The first-order chi connectivity index (χ1) is 17.8. The molecule has 38 heavy (non-hydrogen) atoms. The molecule has 3 aromatic rings. The van der Waals surface area contributed by atoms with Gasteiger partial charge in [0, 0.05) is 19.6 Å². The summed E-state index contributed by atoms with van der Waals surface area (Å²) in [5.41, 5.74) is 2.69. The second kappa shape index (κ2) is 13.9. The zero-order chi connectivity index (χ0) is 26.3. The Morgan fingerprint density at radius 1 is 1.00 bits per heavy atom. The molecule has 0 amide bonds. The Balaban J connectivity index is 0.00000400. The number of β-amino-alcohol motifs (C(OH)–C–C–N with tert-alkyl or cyclic N) is 1. The van der Waals surface area contributed by atoms with E-state index in [2.05, 4.69) is 17.4 Å². The third-order valence-electron chi connectivity index (χ3n) is 6.79. The molecule has 0 radical (unpaired) electrons. The van der Waals surface area contributed by atoms with Crippen molar-refractivity contribution in [2.24, 2.45) is 5.92 Å². The summed E-state index contributed by atoms with van der Waals surface area (Å²) in [5.74, 6) is -0.0780. The number of piperidine rings is 1. The third kappa shape index (κ3) is 8.12. The summed E-state index contributed by atoms with van der Waals surface area (Å²) in [5, 5.41) is 13.7. The Kier molecular flexibility index (Phi) is 10.9. The number of aliphatic hydroxyl groups excluding tert-OH is 1. The van der Waals surface area contributed by atoms with Gasteiger partial charge in [0.05, 0.1) is 22.3 Å². The van der Waals surface area contributed by atoms with Gasteiger partial charge in [0.2, 0.25) is 0 Å². The number of sulfone groups is 1. The lowest BCUT2D eigenvalue weighted by Gasteiger charge is -2.36. The Morgan fingerprint density at radius 2 is 1.68 bits per heavy atom. The highest BCUT2D eigenvalue weighted by molar-refractivity contribution is 7.91. The first-order valence-corrected chi connectivity index (χ1v) is 14.2. The van der Waals surface area contributed by atoms with E-state index in [1.165, 1.54) is 29.8 Å². The minimum absolute atomic E-state index is 0. The van der Waals surface area contributed by atoms with E-state index in [0.717, 1.165) is 24.9 Å². The smallest absolute Gasteiger partial charge is 0.343 e. The molecule has 4 rings (SSSR count). The van der Waals surface area contributed by atoms with Crippen LogP contribution in [0.15, 0.2) is 83.8 Å². The average molecular weight is 559 g/mol. The maximum Gasteiger partial charge on any atom is 0.343 e. The Bertz CT molecular complexity index is 1270. The van der Waals surface area contributed by atoms with Gasteiger partial charge in [0.1, 0.15) is 5.75 Å². The molecule has 1 fully saturated rings. The number of nitrogens with zero attached hydrogens (tertiary/aromatic N) is 1. The van der Waals surface area contributed by atoms with Crippen molar-refractivity contribution in [2.45, 2.75) is 30.4 Å². The molecule has 1 heterocycles. The molecule has 7 nitrogen and oxygen atoms in total. The van der Waals surface area contributed by atoms with Crippen molar-refractivity contribution < 1.29 is 23.1 Å². The molecule has 1 saturated heterocycles. The van der Waals surface area contributed by atoms with E-state index < -0.39 is 21.9 Å². The molecule has 2 atom stereocenters. The summed E-state index contributed by atoms with van der Waals surface area (Å²) in [6.45, 7) is 2.29. The predicted molar refractivity (Wildman–Crippen MR) is 151 cm³/mol. The van der Waals surface area contributed by atoms with Crippen LogP contribution in [-0.4, -0.2) is 62.9 Å². The maximum absolute atomic E-state index is 12.9. The highest BCUT2D eigenvalue weighted by Crippen LogP contribution is 2.23. The van der Waals surface area contributed by atoms with E-state index in [9.17, 15) is 18.3 Å². The van der Waals surface area contributed by atoms with Gasteiger partial charge in [0.25, 0.3) is 0 Å². The summed E-state index contributed by atoms with van der Waals surface area (Å²) in [7, 11) is -1.66. The number of hydrogen-bond acceptors (Lipinski definition) is 7. The van der Waals surface area contributed by atoms with Crippen LogP contribution in [0.2, 0.25) is 0 Å². The number of nitrogens with one attached hydrogen (secondary N) is 1. The molecule has 3 aromatic carbocycles. The van der Waals surface area contributed by atoms with Gasteiger partial charge in [-0.2, -0.15) is 0 Å². The molecule has 2 N–H and O–H groups in total. The molecule has 0 bridgehead atoms. The van der Waals surface area contributed by atoms with Crippen molar-refractivity contribution in [2.75, 3.05) is 32.4 Å². The molecule has 204 valence electrons. The molecular weight excluding hydrogens is 524 g/mol. The normalized spacial score (nSPS) is 17.9. The summed E-state index contributed by atoms with van der Waals surface area (Å²) < 4.78 is 31.2. The van der Waals surface area contributed by atoms with Crippen LogP contribution < -0.4 is 10.1 Å². The van der Waals surface area contributed by atoms with Gasteiger partial charge in [0.15, 0.2) is 9.84 Å². The maximum atomic E-state index is 12.9. The lowest BCUT2D eigenvalue weighted by Crippen LogP contribution is -2.46. The van der Waals surface area contributed by atoms with Crippen LogP contribution >= 0.6 is 12.4 Å². The largest absolute Gasteiger partial charge is 0.423 e. The average Bonchev–Trinajstić information content (AvgIpc) is 2.90. The fraction of sp³-hybridized carbons (Fsp3) is 0.345. The highest BCUT2D eigenvalue weighted by Gasteiger charge is 2.28. The number of benzene rings is 3. The molecule has 1 aliphatic rings. The number of esters is 1. The number of carbonyl (C=O) groups is 1. The standard InChI is InChI=1S/C29H34N2O5S.ClH/c1-30-20-23-7-9-24(10-8-23)29(33)36-26-11-13-27(14-12-26)37(34,35)18-17-31-16-15-25(28(32)21-31)19-22-5-3-2-4-6-22;/h2-14,25,28,30,32H,15-21H2,1H3;1H/t25-,28-;/m1./s1. The molecule has 9 heteroatoms. The number of hydrogen-bond donors (Lipinski definition) is 2. The topological polar surface area (TPSA) is 95.9 Å². The molecule has 0 unspecified atom stereocenters. The summed E-state index contributed by atoms with van der Waals surface area (Å²) in [6.07, 6.45) is 1.17. The van der Waals surface area contributed by atoms with Gasteiger partial charge < -0.3 is 15.2 Å². The van der Waals surface area contributed by atoms with Crippen molar-refractivity contribution in [3.05, 3.63) is 95.6 Å². The van der Waals surface area contributed by atoms with Gasteiger partial charge in [-0.15, -0.1) is 12.4 Å². The van der Waals surface area contributed by atoms with E-state index in [0.29, 0.717) is 25.2 Å². The second-order valence-electron chi connectivity index (χ2n) is 9.51. The van der Waals surface area contributed by atoms with E-state index in [1.807, 2.05) is 42.3 Å². The minimum Gasteiger partial charge on any atom is -0.423 e. The number of halogens is 1. The molecular formula is C29H35ClN2O5S. The quantitative estimate of drug-likeness (QED) is 0.289. The third-order valence-corrected chi connectivity index (χ3v) is 8.50. The van der Waals surface area contributed by atoms with Crippen LogP contribution in [0.5, 0.6) is 5.75 Å². The van der Waals surface area contributed by atoms with Gasteiger partial charge in [-0.3, -0.25) is 4.90 Å². The first-order valence-electron chi connectivity index (χ1n) is 12.6. The van der Waals surface area contributed by atoms with Gasteiger partial charge in [-0.05, 0) is 79.9 Å². The van der Waals surface area contributed by atoms with Crippen molar-refractivity contribution in [3.8, 4) is 5.75 Å². The van der Waals surface area contributed by atoms with E-state index in [1.54, 1.807) is 12.1 Å². The second-order valence-corrected chi connectivity index (χ2v) is 11.6. The summed E-state index contributed by atoms with van der Waals surface area (Å²) >= 11 is 0. The number of ether oxygens (including phenoxy) is 1. The SMILES string of the molecule is CNCc1ccc(C(=O)Oc2ccc(S(=O)(=O)CCN3CC[C@H](Cc4ccccc4)[C@H](O)C3)cc2)cc1.Cl. The zero-order valence-electron chi connectivity index (χ0n) is 21.5. The molecule has 1 aliphatic heterocycles. The van der Waals surface area contributed by atoms with E-state index >= 15 is 0 Å². The van der Waals surface area contributed by atoms with Crippen LogP contribution in [0.25, 0.3) is 0 Å². The summed E-state index contributed by atoms with van der Waals surface area (Å²) in [4.78, 5) is 14.6. The number of likely N-dealkylation sites (tertiary alicyclic amines) is 1. The highest BCUT2D eigenvalue weighted by atomic mass is 35.5. The van der Waals surface area contributed by atoms with Crippen LogP contribution in [0, 0.1) is 5.92 Å². The molecule has 0 aromatic heterocycles. The van der Waals surface area contributed by atoms with Crippen LogP contribution in [-0.2, 0) is 22.8 Å². The van der Waals surface area contributed by atoms with Gasteiger partial charge in [-0.1, -0.05) is 42.5 Å². The van der Waals surface area contributed by atoms with E-state index in [4.69, 9.17) is 4.74 Å². The first kappa shape index (κ1) is 29.8. The van der Waals surface area contributed by atoms with Crippen molar-refractivity contribution in [3.63, 3.8) is 0 Å². The minimum atomic E-state index is -3.52. The Morgan fingerprint density at radius 3 is 2.32 bits per heavy atom. The van der Waals surface area contributed by atoms with Crippen molar-refractivity contribution in [1.29, 1.82) is 0 Å². The van der Waals surface area contributed by atoms with Gasteiger partial charge >= 0.3 is 5.97 Å².